The highest BCUT2D eigenvalue weighted by Gasteiger charge is 2.15. The molecule has 2 unspecified atom stereocenters. The molecule has 0 bridgehead atoms. The second-order valence-electron chi connectivity index (χ2n) is 5.48. The second kappa shape index (κ2) is 6.25. The van der Waals surface area contributed by atoms with Crippen molar-refractivity contribution in [2.45, 2.75) is 65.1 Å². The smallest absolute Gasteiger partial charge is 0.0361 e. The van der Waals surface area contributed by atoms with Gasteiger partial charge in [-0.3, -0.25) is 0 Å². The van der Waals surface area contributed by atoms with E-state index in [0.717, 1.165) is 25.0 Å². The number of aryl methyl sites for hydroxylation is 1. The fraction of sp³-hybridized carbons (Fsp3) is 0.733. The predicted molar refractivity (Wildman–Crippen MR) is 73.0 cm³/mol. The van der Waals surface area contributed by atoms with Gasteiger partial charge >= 0.3 is 0 Å². The summed E-state index contributed by atoms with van der Waals surface area (Å²) in [4.78, 5) is 0. The minimum absolute atomic E-state index is 0.736. The minimum Gasteiger partial charge on any atom is -0.351 e. The number of nitrogens with one attached hydrogen (secondary N) is 1. The Morgan fingerprint density at radius 1 is 1.29 bits per heavy atom. The molecule has 2 rings (SSSR count). The van der Waals surface area contributed by atoms with Crippen LogP contribution in [0.2, 0.25) is 0 Å². The molecule has 17 heavy (non-hydrogen) atoms. The first-order valence-electron chi connectivity index (χ1n) is 7.17. The van der Waals surface area contributed by atoms with Crippen LogP contribution in [0.15, 0.2) is 18.3 Å². The zero-order valence-electron chi connectivity index (χ0n) is 11.3. The van der Waals surface area contributed by atoms with Gasteiger partial charge in [0.1, 0.15) is 0 Å². The van der Waals surface area contributed by atoms with E-state index in [4.69, 9.17) is 0 Å². The maximum Gasteiger partial charge on any atom is 0.0361 e. The second-order valence-corrected chi connectivity index (χ2v) is 5.48. The molecule has 2 nitrogen and oxygen atoms in total. The van der Waals surface area contributed by atoms with Crippen molar-refractivity contribution in [3.05, 3.63) is 24.0 Å². The van der Waals surface area contributed by atoms with Crippen LogP contribution in [-0.4, -0.2) is 10.6 Å². The van der Waals surface area contributed by atoms with E-state index in [2.05, 4.69) is 42.1 Å². The lowest BCUT2D eigenvalue weighted by atomic mass is 10.0. The van der Waals surface area contributed by atoms with E-state index in [0.29, 0.717) is 0 Å². The third-order valence-electron chi connectivity index (χ3n) is 4.09. The van der Waals surface area contributed by atoms with Crippen molar-refractivity contribution in [1.29, 1.82) is 0 Å². The zero-order chi connectivity index (χ0) is 12.1. The zero-order valence-corrected chi connectivity index (χ0v) is 11.3. The summed E-state index contributed by atoms with van der Waals surface area (Å²) in [7, 11) is 0. The maximum absolute atomic E-state index is 3.74. The molecule has 0 saturated heterocycles. The number of nitrogens with zero attached hydrogens (tertiary/aromatic N) is 1. The molecular weight excluding hydrogens is 208 g/mol. The fourth-order valence-electron chi connectivity index (χ4n) is 2.86. The summed E-state index contributed by atoms with van der Waals surface area (Å²) in [5.74, 6) is 0.932. The Morgan fingerprint density at radius 3 is 3.00 bits per heavy atom. The summed E-state index contributed by atoms with van der Waals surface area (Å²) in [6.45, 7) is 6.70. The van der Waals surface area contributed by atoms with Gasteiger partial charge in [-0.25, -0.2) is 0 Å². The van der Waals surface area contributed by atoms with Crippen molar-refractivity contribution < 1.29 is 0 Å². The third-order valence-corrected chi connectivity index (χ3v) is 4.09. The highest BCUT2D eigenvalue weighted by Crippen LogP contribution is 2.22. The molecule has 1 aromatic rings. The summed E-state index contributed by atoms with van der Waals surface area (Å²) in [5.41, 5.74) is 1.42. The third kappa shape index (κ3) is 3.60. The molecule has 0 amide bonds. The summed E-state index contributed by atoms with van der Waals surface area (Å²) in [6, 6.07) is 5.12. The van der Waals surface area contributed by atoms with E-state index >= 15 is 0 Å². The van der Waals surface area contributed by atoms with E-state index in [9.17, 15) is 0 Å². The van der Waals surface area contributed by atoms with Crippen molar-refractivity contribution >= 4 is 0 Å². The number of aromatic nitrogens is 1. The quantitative estimate of drug-likeness (QED) is 0.788. The van der Waals surface area contributed by atoms with Gasteiger partial charge in [0.05, 0.1) is 0 Å². The van der Waals surface area contributed by atoms with Gasteiger partial charge in [0.2, 0.25) is 0 Å². The summed E-state index contributed by atoms with van der Waals surface area (Å²) >= 11 is 0. The summed E-state index contributed by atoms with van der Waals surface area (Å²) < 4.78 is 2.33. The van der Waals surface area contributed by atoms with E-state index in [1.165, 1.54) is 37.8 Å². The van der Waals surface area contributed by atoms with Gasteiger partial charge in [-0.1, -0.05) is 19.8 Å². The van der Waals surface area contributed by atoms with Crippen LogP contribution in [0.3, 0.4) is 0 Å². The Labute approximate surface area is 105 Å². The first-order chi connectivity index (χ1) is 8.29. The van der Waals surface area contributed by atoms with Crippen LogP contribution in [0.4, 0.5) is 0 Å². The van der Waals surface area contributed by atoms with E-state index in [-0.39, 0.29) is 0 Å². The average molecular weight is 234 g/mol. The van der Waals surface area contributed by atoms with Crippen LogP contribution >= 0.6 is 0 Å². The minimum atomic E-state index is 0.736. The lowest BCUT2D eigenvalue weighted by molar-refractivity contribution is 0.440. The van der Waals surface area contributed by atoms with Crippen molar-refractivity contribution in [3.63, 3.8) is 0 Å². The molecule has 0 spiro atoms. The summed E-state index contributed by atoms with van der Waals surface area (Å²) in [6.07, 6.45) is 9.10. The fourth-order valence-corrected chi connectivity index (χ4v) is 2.86. The van der Waals surface area contributed by atoms with Gasteiger partial charge in [-0.05, 0) is 44.2 Å². The molecular formula is C15H26N2. The molecule has 1 saturated carbocycles. The first kappa shape index (κ1) is 12.7. The van der Waals surface area contributed by atoms with Gasteiger partial charge in [-0.15, -0.1) is 0 Å². The Balaban J connectivity index is 1.81. The molecule has 96 valence electrons. The number of rotatable bonds is 4. The number of hydrogen-bond acceptors (Lipinski definition) is 1. The van der Waals surface area contributed by atoms with Crippen LogP contribution in [0.5, 0.6) is 0 Å². The molecule has 1 fully saturated rings. The topological polar surface area (TPSA) is 17.0 Å². The Hall–Kier alpha value is -0.760. The molecule has 0 aliphatic heterocycles. The van der Waals surface area contributed by atoms with E-state index in [1.807, 2.05) is 0 Å². The Morgan fingerprint density at radius 2 is 2.18 bits per heavy atom. The molecule has 1 heterocycles. The van der Waals surface area contributed by atoms with Crippen molar-refractivity contribution in [2.24, 2.45) is 5.92 Å². The first-order valence-corrected chi connectivity index (χ1v) is 7.17. The molecule has 0 aromatic carbocycles. The lowest BCUT2D eigenvalue weighted by Gasteiger charge is -2.17. The Kier molecular flexibility index (Phi) is 4.66. The molecule has 1 N–H and O–H groups in total. The van der Waals surface area contributed by atoms with Gasteiger partial charge in [0.25, 0.3) is 0 Å². The molecule has 2 atom stereocenters. The largest absolute Gasteiger partial charge is 0.351 e. The van der Waals surface area contributed by atoms with Crippen molar-refractivity contribution in [2.75, 3.05) is 0 Å². The van der Waals surface area contributed by atoms with Crippen LogP contribution in [0.25, 0.3) is 0 Å². The average Bonchev–Trinajstić information content (AvgIpc) is 2.69. The van der Waals surface area contributed by atoms with Gasteiger partial charge in [0.15, 0.2) is 0 Å². The monoisotopic (exact) mass is 234 g/mol. The predicted octanol–water partition coefficient (Wildman–Crippen LogP) is 3.57. The SMILES string of the molecule is CCn1cccc1CNC1CCCC(C)CC1. The highest BCUT2D eigenvalue weighted by atomic mass is 15.0. The lowest BCUT2D eigenvalue weighted by Crippen LogP contribution is -2.28. The standard InChI is InChI=1S/C15H26N2/c1-3-17-11-5-8-15(17)12-16-14-7-4-6-13(2)9-10-14/h5,8,11,13-14,16H,3-4,6-7,9-10,12H2,1-2H3. The van der Waals surface area contributed by atoms with Crippen LogP contribution in [0.1, 0.15) is 51.6 Å². The summed E-state index contributed by atoms with van der Waals surface area (Å²) in [5, 5.41) is 3.74. The van der Waals surface area contributed by atoms with Gasteiger partial charge < -0.3 is 9.88 Å². The molecule has 1 aliphatic carbocycles. The maximum atomic E-state index is 3.74. The van der Waals surface area contributed by atoms with Crippen LogP contribution in [0, 0.1) is 5.92 Å². The molecule has 1 aromatic heterocycles. The van der Waals surface area contributed by atoms with Crippen LogP contribution in [-0.2, 0) is 13.1 Å². The van der Waals surface area contributed by atoms with E-state index in [1.54, 1.807) is 0 Å². The highest BCUT2D eigenvalue weighted by molar-refractivity contribution is 5.06. The van der Waals surface area contributed by atoms with E-state index < -0.39 is 0 Å². The number of hydrogen-bond donors (Lipinski definition) is 1. The molecule has 0 radical (unpaired) electrons. The van der Waals surface area contributed by atoms with Gasteiger partial charge in [0, 0.05) is 31.0 Å². The van der Waals surface area contributed by atoms with Crippen molar-refractivity contribution in [1.82, 2.24) is 9.88 Å². The Bertz CT molecular complexity index is 329. The van der Waals surface area contributed by atoms with Gasteiger partial charge in [-0.2, -0.15) is 0 Å². The molecule has 2 heteroatoms. The van der Waals surface area contributed by atoms with Crippen molar-refractivity contribution in [3.8, 4) is 0 Å². The normalized spacial score (nSPS) is 25.8. The molecule has 1 aliphatic rings. The van der Waals surface area contributed by atoms with Crippen LogP contribution < -0.4 is 5.32 Å².